The quantitative estimate of drug-likeness (QED) is 0.612. The highest BCUT2D eigenvalue weighted by atomic mass is 16.3. The van der Waals surface area contributed by atoms with Crippen LogP contribution in [0.5, 0.6) is 0 Å². The van der Waals surface area contributed by atoms with Crippen LogP contribution in [0.2, 0.25) is 0 Å². The number of rotatable bonds is 0. The summed E-state index contributed by atoms with van der Waals surface area (Å²) in [5.74, 6) is 0. The van der Waals surface area contributed by atoms with Crippen molar-refractivity contribution in [3.63, 3.8) is 0 Å². The summed E-state index contributed by atoms with van der Waals surface area (Å²) in [6.07, 6.45) is 11.3. The molecule has 0 bridgehead atoms. The molecule has 0 radical (unpaired) electrons. The maximum absolute atomic E-state index is 10.1. The minimum absolute atomic E-state index is 0.175. The molecular formula is C15H24O. The molecule has 1 heteroatoms. The van der Waals surface area contributed by atoms with E-state index in [2.05, 4.69) is 45.9 Å². The lowest BCUT2D eigenvalue weighted by Crippen LogP contribution is -2.25. The van der Waals surface area contributed by atoms with Crippen LogP contribution in [0.25, 0.3) is 0 Å². The third-order valence-corrected chi connectivity index (χ3v) is 3.22. The zero-order chi connectivity index (χ0) is 12.2. The van der Waals surface area contributed by atoms with Crippen molar-refractivity contribution >= 4 is 0 Å². The van der Waals surface area contributed by atoms with E-state index in [4.69, 9.17) is 0 Å². The van der Waals surface area contributed by atoms with Gasteiger partial charge in [0.1, 0.15) is 0 Å². The number of hydrogen-bond donors (Lipinski definition) is 1. The van der Waals surface area contributed by atoms with Gasteiger partial charge in [-0.15, -0.1) is 0 Å². The van der Waals surface area contributed by atoms with Crippen molar-refractivity contribution in [1.82, 2.24) is 0 Å². The fourth-order valence-electron chi connectivity index (χ4n) is 1.84. The van der Waals surface area contributed by atoms with E-state index in [1.54, 1.807) is 0 Å². The second-order valence-corrected chi connectivity index (χ2v) is 5.47. The van der Waals surface area contributed by atoms with Crippen molar-refractivity contribution in [3.8, 4) is 0 Å². The van der Waals surface area contributed by atoms with Crippen LogP contribution in [0.3, 0.4) is 0 Å². The van der Waals surface area contributed by atoms with Gasteiger partial charge in [0.15, 0.2) is 0 Å². The van der Waals surface area contributed by atoms with Crippen LogP contribution in [0.15, 0.2) is 35.5 Å². The molecule has 0 aromatic heterocycles. The lowest BCUT2D eigenvalue weighted by molar-refractivity contribution is 0.125. The standard InChI is InChI=1S/C15H24O/c1-12-7-5-8-13(2)11-14(16)15(3,4)10-6-9-12/h6-7,10-11,14,16H,5,8-9H2,1-4H3/b10-6-,12-7-,13-11-/t14-/m1/s1. The van der Waals surface area contributed by atoms with E-state index in [0.29, 0.717) is 0 Å². The summed E-state index contributed by atoms with van der Waals surface area (Å²) in [6.45, 7) is 8.43. The molecule has 1 rings (SSSR count). The van der Waals surface area contributed by atoms with Crippen LogP contribution in [0.4, 0.5) is 0 Å². The molecule has 1 N–H and O–H groups in total. The van der Waals surface area contributed by atoms with Crippen LogP contribution in [0.1, 0.15) is 47.0 Å². The Hall–Kier alpha value is -0.820. The van der Waals surface area contributed by atoms with Crippen molar-refractivity contribution in [2.24, 2.45) is 5.41 Å². The average molecular weight is 220 g/mol. The van der Waals surface area contributed by atoms with Gasteiger partial charge >= 0.3 is 0 Å². The number of hydrogen-bond acceptors (Lipinski definition) is 1. The Morgan fingerprint density at radius 3 is 2.62 bits per heavy atom. The van der Waals surface area contributed by atoms with Crippen LogP contribution in [-0.2, 0) is 0 Å². The maximum atomic E-state index is 10.1. The van der Waals surface area contributed by atoms with Gasteiger partial charge in [-0.25, -0.2) is 0 Å². The summed E-state index contributed by atoms with van der Waals surface area (Å²) in [6, 6.07) is 0. The monoisotopic (exact) mass is 220 g/mol. The highest BCUT2D eigenvalue weighted by Gasteiger charge is 2.22. The summed E-state index contributed by atoms with van der Waals surface area (Å²) in [5.41, 5.74) is 2.52. The van der Waals surface area contributed by atoms with Crippen molar-refractivity contribution < 1.29 is 5.11 Å². The summed E-state index contributed by atoms with van der Waals surface area (Å²) in [5, 5.41) is 10.1. The van der Waals surface area contributed by atoms with E-state index in [9.17, 15) is 5.11 Å². The third-order valence-electron chi connectivity index (χ3n) is 3.22. The van der Waals surface area contributed by atoms with Gasteiger partial charge < -0.3 is 5.11 Å². The summed E-state index contributed by atoms with van der Waals surface area (Å²) in [4.78, 5) is 0. The molecule has 0 amide bonds. The van der Waals surface area contributed by atoms with Crippen LogP contribution < -0.4 is 0 Å². The molecule has 0 unspecified atom stereocenters. The topological polar surface area (TPSA) is 20.2 Å². The molecule has 1 aliphatic rings. The molecule has 1 atom stereocenters. The summed E-state index contributed by atoms with van der Waals surface area (Å²) in [7, 11) is 0. The Kier molecular flexibility index (Phi) is 4.55. The van der Waals surface area contributed by atoms with E-state index in [1.165, 1.54) is 11.1 Å². The zero-order valence-electron chi connectivity index (χ0n) is 11.0. The molecule has 1 aliphatic carbocycles. The predicted octanol–water partition coefficient (Wildman–Crippen LogP) is 4.01. The molecule has 16 heavy (non-hydrogen) atoms. The maximum Gasteiger partial charge on any atom is 0.0808 e. The van der Waals surface area contributed by atoms with Crippen molar-refractivity contribution in [1.29, 1.82) is 0 Å². The molecule has 0 aromatic rings. The van der Waals surface area contributed by atoms with Gasteiger partial charge in [-0.3, -0.25) is 0 Å². The van der Waals surface area contributed by atoms with Crippen LogP contribution in [0, 0.1) is 5.41 Å². The molecule has 0 saturated heterocycles. The molecule has 0 aromatic carbocycles. The van der Waals surface area contributed by atoms with Crippen LogP contribution >= 0.6 is 0 Å². The number of allylic oxidation sites excluding steroid dienone is 4. The fraction of sp³-hybridized carbons (Fsp3) is 0.600. The molecule has 0 saturated carbocycles. The van der Waals surface area contributed by atoms with Gasteiger partial charge in [0.2, 0.25) is 0 Å². The molecule has 90 valence electrons. The van der Waals surface area contributed by atoms with Gasteiger partial charge in [-0.1, -0.05) is 49.3 Å². The second kappa shape index (κ2) is 5.49. The largest absolute Gasteiger partial charge is 0.388 e. The highest BCUT2D eigenvalue weighted by molar-refractivity contribution is 5.15. The van der Waals surface area contributed by atoms with Crippen molar-refractivity contribution in [2.45, 2.75) is 53.1 Å². The molecular weight excluding hydrogens is 196 g/mol. The zero-order valence-corrected chi connectivity index (χ0v) is 11.0. The smallest absolute Gasteiger partial charge is 0.0808 e. The van der Waals surface area contributed by atoms with E-state index in [0.717, 1.165) is 19.3 Å². The normalized spacial score (nSPS) is 35.2. The predicted molar refractivity (Wildman–Crippen MR) is 70.3 cm³/mol. The number of aliphatic hydroxyl groups is 1. The van der Waals surface area contributed by atoms with E-state index < -0.39 is 0 Å². The minimum Gasteiger partial charge on any atom is -0.388 e. The lowest BCUT2D eigenvalue weighted by Gasteiger charge is -2.25. The Bertz CT molecular complexity index is 318. The molecule has 0 aliphatic heterocycles. The second-order valence-electron chi connectivity index (χ2n) is 5.47. The molecule has 1 nitrogen and oxygen atoms in total. The molecule has 0 spiro atoms. The highest BCUT2D eigenvalue weighted by Crippen LogP contribution is 2.26. The van der Waals surface area contributed by atoms with E-state index in [-0.39, 0.29) is 11.5 Å². The van der Waals surface area contributed by atoms with Gasteiger partial charge in [0.05, 0.1) is 6.10 Å². The number of aliphatic hydroxyl groups excluding tert-OH is 1. The minimum atomic E-state index is -0.387. The Balaban J connectivity index is 2.92. The molecule has 0 fully saturated rings. The van der Waals surface area contributed by atoms with E-state index in [1.807, 2.05) is 6.08 Å². The molecule has 0 heterocycles. The Morgan fingerprint density at radius 2 is 1.94 bits per heavy atom. The first-order valence-electron chi connectivity index (χ1n) is 6.10. The third kappa shape index (κ3) is 3.97. The fourth-order valence-corrected chi connectivity index (χ4v) is 1.84. The first-order chi connectivity index (χ1) is 7.42. The van der Waals surface area contributed by atoms with Crippen LogP contribution in [-0.4, -0.2) is 11.2 Å². The Labute approximate surface area is 99.6 Å². The SMILES string of the molecule is C/C1=C/CC/C(C)=C\[C@@H](O)C(C)(C)/C=C\C1. The first kappa shape index (κ1) is 13.2. The van der Waals surface area contributed by atoms with Gasteiger partial charge in [0, 0.05) is 5.41 Å². The lowest BCUT2D eigenvalue weighted by atomic mass is 9.84. The van der Waals surface area contributed by atoms with Crippen molar-refractivity contribution in [3.05, 3.63) is 35.5 Å². The first-order valence-corrected chi connectivity index (χ1v) is 6.10. The van der Waals surface area contributed by atoms with Gasteiger partial charge in [-0.05, 0) is 33.1 Å². The summed E-state index contributed by atoms with van der Waals surface area (Å²) >= 11 is 0. The van der Waals surface area contributed by atoms with E-state index >= 15 is 0 Å². The Morgan fingerprint density at radius 1 is 1.25 bits per heavy atom. The average Bonchev–Trinajstić information content (AvgIpc) is 2.17. The van der Waals surface area contributed by atoms with Gasteiger partial charge in [0.25, 0.3) is 0 Å². The summed E-state index contributed by atoms with van der Waals surface area (Å²) < 4.78 is 0. The van der Waals surface area contributed by atoms with Crippen molar-refractivity contribution in [2.75, 3.05) is 0 Å². The van der Waals surface area contributed by atoms with Gasteiger partial charge in [-0.2, -0.15) is 0 Å².